The van der Waals surface area contributed by atoms with Gasteiger partial charge in [-0.15, -0.1) is 0 Å². The fourth-order valence-corrected chi connectivity index (χ4v) is 2.62. The minimum absolute atomic E-state index is 0.170. The molecule has 84 valence electrons. The molecule has 3 heteroatoms. The summed E-state index contributed by atoms with van der Waals surface area (Å²) in [5, 5.41) is 1.97. The predicted octanol–water partition coefficient (Wildman–Crippen LogP) is 3.62. The first-order valence-corrected chi connectivity index (χ1v) is 6.15. The molecule has 2 nitrogen and oxygen atoms in total. The van der Waals surface area contributed by atoms with E-state index in [1.807, 2.05) is 18.3 Å². The van der Waals surface area contributed by atoms with Crippen molar-refractivity contribution in [1.82, 2.24) is 4.98 Å². The van der Waals surface area contributed by atoms with Gasteiger partial charge in [0.25, 0.3) is 0 Å². The maximum atomic E-state index is 6.30. The van der Waals surface area contributed by atoms with Gasteiger partial charge in [0, 0.05) is 28.2 Å². The molecule has 1 heterocycles. The second-order valence-electron chi connectivity index (χ2n) is 4.65. The number of aromatic amines is 1. The van der Waals surface area contributed by atoms with Gasteiger partial charge in [-0.3, -0.25) is 0 Å². The average molecular weight is 235 g/mol. The first-order chi connectivity index (χ1) is 7.75. The van der Waals surface area contributed by atoms with Crippen LogP contribution in [0.25, 0.3) is 10.9 Å². The average Bonchev–Trinajstić information content (AvgIpc) is 2.57. The molecule has 1 fully saturated rings. The predicted molar refractivity (Wildman–Crippen MR) is 67.6 cm³/mol. The lowest BCUT2D eigenvalue weighted by molar-refractivity contribution is 0.265. The molecule has 1 aliphatic rings. The summed E-state index contributed by atoms with van der Waals surface area (Å²) < 4.78 is 0. The number of halogens is 1. The standard InChI is InChI=1S/C13H15ClN2/c14-9-4-5-10-11(7-16-12(10)6-9)13(15)8-2-1-3-8/h4-8,13,16H,1-3,15H2. The van der Waals surface area contributed by atoms with E-state index in [0.717, 1.165) is 10.5 Å². The van der Waals surface area contributed by atoms with Gasteiger partial charge in [-0.05, 0) is 36.5 Å². The third-order valence-corrected chi connectivity index (χ3v) is 3.93. The van der Waals surface area contributed by atoms with Crippen LogP contribution < -0.4 is 5.73 Å². The first kappa shape index (κ1) is 10.2. The molecule has 0 saturated heterocycles. The largest absolute Gasteiger partial charge is 0.361 e. The maximum absolute atomic E-state index is 6.30. The Labute approximate surface area is 99.8 Å². The Hall–Kier alpha value is -0.990. The Morgan fingerprint density at radius 3 is 2.88 bits per heavy atom. The summed E-state index contributed by atoms with van der Waals surface area (Å²) in [5.74, 6) is 0.662. The van der Waals surface area contributed by atoms with Gasteiger partial charge in [0.2, 0.25) is 0 Å². The van der Waals surface area contributed by atoms with Gasteiger partial charge in [-0.2, -0.15) is 0 Å². The zero-order valence-corrected chi connectivity index (χ0v) is 9.80. The fraction of sp³-hybridized carbons (Fsp3) is 0.385. The second-order valence-corrected chi connectivity index (χ2v) is 5.09. The van der Waals surface area contributed by atoms with Crippen LogP contribution in [0.15, 0.2) is 24.4 Å². The molecule has 0 spiro atoms. The number of nitrogens with one attached hydrogen (secondary N) is 1. The highest BCUT2D eigenvalue weighted by molar-refractivity contribution is 6.31. The van der Waals surface area contributed by atoms with Crippen molar-refractivity contribution >= 4 is 22.5 Å². The van der Waals surface area contributed by atoms with E-state index < -0.39 is 0 Å². The van der Waals surface area contributed by atoms with Gasteiger partial charge in [0.05, 0.1) is 0 Å². The van der Waals surface area contributed by atoms with Crippen LogP contribution >= 0.6 is 11.6 Å². The van der Waals surface area contributed by atoms with Crippen LogP contribution in [0, 0.1) is 5.92 Å². The van der Waals surface area contributed by atoms with Crippen molar-refractivity contribution in [3.05, 3.63) is 35.0 Å². The summed E-state index contributed by atoms with van der Waals surface area (Å²) in [6, 6.07) is 6.11. The van der Waals surface area contributed by atoms with Crippen molar-refractivity contribution < 1.29 is 0 Å². The number of rotatable bonds is 2. The van der Waals surface area contributed by atoms with E-state index in [1.54, 1.807) is 0 Å². The van der Waals surface area contributed by atoms with E-state index >= 15 is 0 Å². The lowest BCUT2D eigenvalue weighted by Crippen LogP contribution is -2.26. The van der Waals surface area contributed by atoms with Gasteiger partial charge >= 0.3 is 0 Å². The highest BCUT2D eigenvalue weighted by Gasteiger charge is 2.27. The number of H-pyrrole nitrogens is 1. The van der Waals surface area contributed by atoms with E-state index in [2.05, 4.69) is 11.1 Å². The molecule has 0 bridgehead atoms. The van der Waals surface area contributed by atoms with Crippen molar-refractivity contribution in [1.29, 1.82) is 0 Å². The zero-order chi connectivity index (χ0) is 11.1. The van der Waals surface area contributed by atoms with Crippen LogP contribution in [0.2, 0.25) is 5.02 Å². The zero-order valence-electron chi connectivity index (χ0n) is 9.04. The number of hydrogen-bond donors (Lipinski definition) is 2. The molecule has 1 unspecified atom stereocenters. The molecule has 1 saturated carbocycles. The Bertz CT molecular complexity index is 514. The van der Waals surface area contributed by atoms with Gasteiger partial charge < -0.3 is 10.7 Å². The van der Waals surface area contributed by atoms with Gasteiger partial charge in [-0.1, -0.05) is 24.1 Å². The summed E-state index contributed by atoms with van der Waals surface area (Å²) in [6.45, 7) is 0. The minimum Gasteiger partial charge on any atom is -0.361 e. The molecule has 0 aliphatic heterocycles. The van der Waals surface area contributed by atoms with Gasteiger partial charge in [0.1, 0.15) is 0 Å². The van der Waals surface area contributed by atoms with Crippen molar-refractivity contribution in [3.8, 4) is 0 Å². The minimum atomic E-state index is 0.170. The Balaban J connectivity index is 2.03. The number of aromatic nitrogens is 1. The summed E-state index contributed by atoms with van der Waals surface area (Å²) in [5.41, 5.74) is 8.61. The lowest BCUT2D eigenvalue weighted by atomic mass is 9.77. The molecular weight excluding hydrogens is 220 g/mol. The van der Waals surface area contributed by atoms with Gasteiger partial charge in [-0.25, -0.2) is 0 Å². The molecule has 1 aromatic carbocycles. The van der Waals surface area contributed by atoms with E-state index in [9.17, 15) is 0 Å². The summed E-state index contributed by atoms with van der Waals surface area (Å²) in [4.78, 5) is 3.25. The smallest absolute Gasteiger partial charge is 0.0472 e. The summed E-state index contributed by atoms with van der Waals surface area (Å²) >= 11 is 5.96. The molecule has 3 rings (SSSR count). The lowest BCUT2D eigenvalue weighted by Gasteiger charge is -2.31. The maximum Gasteiger partial charge on any atom is 0.0472 e. The van der Waals surface area contributed by atoms with E-state index in [0.29, 0.717) is 5.92 Å². The molecule has 1 aliphatic carbocycles. The Morgan fingerprint density at radius 2 is 2.19 bits per heavy atom. The van der Waals surface area contributed by atoms with Crippen molar-refractivity contribution in [2.24, 2.45) is 11.7 Å². The molecule has 1 atom stereocenters. The van der Waals surface area contributed by atoms with Crippen LogP contribution in [0.3, 0.4) is 0 Å². The molecule has 1 aromatic heterocycles. The number of nitrogens with two attached hydrogens (primary N) is 1. The highest BCUT2D eigenvalue weighted by atomic mass is 35.5. The fourth-order valence-electron chi connectivity index (χ4n) is 2.45. The van der Waals surface area contributed by atoms with E-state index in [-0.39, 0.29) is 6.04 Å². The summed E-state index contributed by atoms with van der Waals surface area (Å²) in [6.07, 6.45) is 5.89. The number of hydrogen-bond acceptors (Lipinski definition) is 1. The quantitative estimate of drug-likeness (QED) is 0.819. The van der Waals surface area contributed by atoms with Crippen molar-refractivity contribution in [3.63, 3.8) is 0 Å². The number of benzene rings is 1. The van der Waals surface area contributed by atoms with E-state index in [1.165, 1.54) is 30.2 Å². The SMILES string of the molecule is NC(c1c[nH]c2cc(Cl)ccc12)C1CCC1. The van der Waals surface area contributed by atoms with Crippen LogP contribution in [-0.4, -0.2) is 4.98 Å². The number of fused-ring (bicyclic) bond motifs is 1. The van der Waals surface area contributed by atoms with Crippen LogP contribution in [0.1, 0.15) is 30.9 Å². The summed E-state index contributed by atoms with van der Waals surface area (Å²) in [7, 11) is 0. The third-order valence-electron chi connectivity index (χ3n) is 3.69. The van der Waals surface area contributed by atoms with Gasteiger partial charge in [0.15, 0.2) is 0 Å². The van der Waals surface area contributed by atoms with Crippen molar-refractivity contribution in [2.75, 3.05) is 0 Å². The topological polar surface area (TPSA) is 41.8 Å². The molecule has 3 N–H and O–H groups in total. The van der Waals surface area contributed by atoms with E-state index in [4.69, 9.17) is 17.3 Å². The third kappa shape index (κ3) is 1.53. The monoisotopic (exact) mass is 234 g/mol. The Morgan fingerprint density at radius 1 is 1.38 bits per heavy atom. The van der Waals surface area contributed by atoms with Crippen LogP contribution in [-0.2, 0) is 0 Å². The second kappa shape index (κ2) is 3.79. The van der Waals surface area contributed by atoms with Crippen molar-refractivity contribution in [2.45, 2.75) is 25.3 Å². The molecular formula is C13H15ClN2. The van der Waals surface area contributed by atoms with Crippen LogP contribution in [0.5, 0.6) is 0 Å². The normalized spacial score (nSPS) is 18.6. The Kier molecular flexibility index (Phi) is 2.41. The molecule has 0 amide bonds. The first-order valence-electron chi connectivity index (χ1n) is 5.78. The molecule has 0 radical (unpaired) electrons. The molecule has 16 heavy (non-hydrogen) atoms. The van der Waals surface area contributed by atoms with Crippen LogP contribution in [0.4, 0.5) is 0 Å². The highest BCUT2D eigenvalue weighted by Crippen LogP contribution is 2.38. The molecule has 2 aromatic rings.